The Bertz CT molecular complexity index is 413. The topological polar surface area (TPSA) is 39.2 Å². The van der Waals surface area contributed by atoms with Gasteiger partial charge in [0.15, 0.2) is 5.82 Å². The van der Waals surface area contributed by atoms with Crippen molar-refractivity contribution in [3.8, 4) is 0 Å². The molecule has 0 atom stereocenters. The maximum Gasteiger partial charge on any atom is 0.341 e. The van der Waals surface area contributed by atoms with Crippen LogP contribution in [-0.2, 0) is 4.74 Å². The number of nitrogens with zero attached hydrogens (tertiary/aromatic N) is 1. The van der Waals surface area contributed by atoms with Gasteiger partial charge in [-0.1, -0.05) is 20.8 Å². The van der Waals surface area contributed by atoms with Gasteiger partial charge in [-0.25, -0.2) is 14.2 Å². The number of hydrogen-bond acceptors (Lipinski definition) is 3. The van der Waals surface area contributed by atoms with E-state index >= 15 is 0 Å². The van der Waals surface area contributed by atoms with Crippen LogP contribution in [0.3, 0.4) is 0 Å². The van der Waals surface area contributed by atoms with Crippen molar-refractivity contribution in [1.82, 2.24) is 4.98 Å². The molecule has 0 aliphatic rings. The first-order valence-electron chi connectivity index (χ1n) is 5.28. The number of rotatable bonds is 3. The number of carbonyl (C=O) groups is 1. The fraction of sp³-hybridized carbons (Fsp3) is 0.500. The van der Waals surface area contributed by atoms with Gasteiger partial charge < -0.3 is 4.74 Å². The first-order valence-corrected chi connectivity index (χ1v) is 5.28. The van der Waals surface area contributed by atoms with Gasteiger partial charge in [0.1, 0.15) is 5.56 Å². The number of carbonyl (C=O) groups excluding carboxylic acids is 1. The van der Waals surface area contributed by atoms with E-state index in [2.05, 4.69) is 4.98 Å². The summed E-state index contributed by atoms with van der Waals surface area (Å²) in [4.78, 5) is 14.5. The van der Waals surface area contributed by atoms with Crippen LogP contribution in [0, 0.1) is 17.2 Å². The summed E-state index contributed by atoms with van der Waals surface area (Å²) in [6.45, 7) is 6.15. The summed E-state index contributed by atoms with van der Waals surface area (Å²) in [6.07, 6.45) is 1.67. The van der Waals surface area contributed by atoms with Crippen LogP contribution < -0.4 is 0 Å². The van der Waals surface area contributed by atoms with Crippen molar-refractivity contribution < 1.29 is 18.3 Å². The molecule has 0 unspecified atom stereocenters. The minimum atomic E-state index is -1.30. The summed E-state index contributed by atoms with van der Waals surface area (Å²) in [5, 5.41) is 0. The predicted octanol–water partition coefficient (Wildman–Crippen LogP) is 2.95. The molecule has 0 bridgehead atoms. The Labute approximate surface area is 98.8 Å². The molecule has 0 saturated carbocycles. The van der Waals surface area contributed by atoms with Crippen LogP contribution in [0.1, 0.15) is 37.6 Å². The molecule has 0 aliphatic heterocycles. The van der Waals surface area contributed by atoms with E-state index in [1.807, 2.05) is 20.8 Å². The third kappa shape index (κ3) is 4.09. The van der Waals surface area contributed by atoms with E-state index < -0.39 is 23.3 Å². The number of esters is 1. The number of pyridine rings is 1. The molecule has 17 heavy (non-hydrogen) atoms. The van der Waals surface area contributed by atoms with Gasteiger partial charge in [0.05, 0.1) is 6.61 Å². The van der Waals surface area contributed by atoms with E-state index in [9.17, 15) is 13.6 Å². The van der Waals surface area contributed by atoms with E-state index in [1.165, 1.54) is 0 Å². The van der Waals surface area contributed by atoms with Gasteiger partial charge in [0.2, 0.25) is 5.95 Å². The van der Waals surface area contributed by atoms with Crippen LogP contribution in [-0.4, -0.2) is 17.6 Å². The van der Waals surface area contributed by atoms with Crippen molar-refractivity contribution in [2.24, 2.45) is 5.41 Å². The Hall–Kier alpha value is -1.52. The molecular weight excluding hydrogens is 228 g/mol. The second-order valence-corrected chi connectivity index (χ2v) is 4.91. The lowest BCUT2D eigenvalue weighted by molar-refractivity contribution is 0.0458. The molecule has 1 aromatic heterocycles. The van der Waals surface area contributed by atoms with Crippen molar-refractivity contribution in [2.45, 2.75) is 27.2 Å². The molecular formula is C12H15F2NO2. The highest BCUT2D eigenvalue weighted by molar-refractivity contribution is 5.89. The number of hydrogen-bond donors (Lipinski definition) is 0. The zero-order valence-corrected chi connectivity index (χ0v) is 10.1. The average molecular weight is 243 g/mol. The molecule has 1 aromatic rings. The summed E-state index contributed by atoms with van der Waals surface area (Å²) < 4.78 is 30.8. The Morgan fingerprint density at radius 1 is 1.41 bits per heavy atom. The molecule has 0 amide bonds. The molecule has 3 nitrogen and oxygen atoms in total. The Kier molecular flexibility index (Phi) is 4.15. The average Bonchev–Trinajstić information content (AvgIpc) is 2.20. The molecule has 0 aliphatic carbocycles. The van der Waals surface area contributed by atoms with Gasteiger partial charge in [-0.2, -0.15) is 4.39 Å². The van der Waals surface area contributed by atoms with Gasteiger partial charge in [-0.15, -0.1) is 0 Å². The van der Waals surface area contributed by atoms with Crippen molar-refractivity contribution in [2.75, 3.05) is 6.61 Å². The molecule has 0 aromatic carbocycles. The molecule has 0 saturated heterocycles. The summed E-state index contributed by atoms with van der Waals surface area (Å²) >= 11 is 0. The van der Waals surface area contributed by atoms with Crippen LogP contribution in [0.2, 0.25) is 0 Å². The Morgan fingerprint density at radius 2 is 2.06 bits per heavy atom. The molecule has 0 N–H and O–H groups in total. The summed E-state index contributed by atoms with van der Waals surface area (Å²) in [7, 11) is 0. The second-order valence-electron chi connectivity index (χ2n) is 4.91. The molecule has 1 heterocycles. The predicted molar refractivity (Wildman–Crippen MR) is 58.5 cm³/mol. The van der Waals surface area contributed by atoms with E-state index in [-0.39, 0.29) is 12.0 Å². The summed E-state index contributed by atoms with van der Waals surface area (Å²) in [5.74, 6) is -3.43. The van der Waals surface area contributed by atoms with Crippen LogP contribution in [0.5, 0.6) is 0 Å². The highest BCUT2D eigenvalue weighted by Crippen LogP contribution is 2.18. The highest BCUT2D eigenvalue weighted by Gasteiger charge is 2.18. The quantitative estimate of drug-likeness (QED) is 0.605. The maximum atomic E-state index is 13.2. The fourth-order valence-corrected chi connectivity index (χ4v) is 1.10. The van der Waals surface area contributed by atoms with Crippen LogP contribution in [0.15, 0.2) is 12.3 Å². The van der Waals surface area contributed by atoms with Gasteiger partial charge in [-0.3, -0.25) is 0 Å². The normalized spacial score (nSPS) is 11.4. The minimum absolute atomic E-state index is 0.0162. The third-order valence-corrected chi connectivity index (χ3v) is 2.15. The van der Waals surface area contributed by atoms with Gasteiger partial charge in [0.25, 0.3) is 0 Å². The zero-order valence-electron chi connectivity index (χ0n) is 10.1. The summed E-state index contributed by atoms with van der Waals surface area (Å²) in [5.41, 5.74) is -0.408. The lowest BCUT2D eigenvalue weighted by atomic mass is 9.93. The zero-order chi connectivity index (χ0) is 13.1. The first-order chi connectivity index (χ1) is 7.81. The van der Waals surface area contributed by atoms with E-state index in [0.717, 1.165) is 12.3 Å². The van der Waals surface area contributed by atoms with Gasteiger partial charge >= 0.3 is 5.97 Å². The first kappa shape index (κ1) is 13.5. The molecule has 94 valence electrons. The lowest BCUT2D eigenvalue weighted by Gasteiger charge is -2.17. The number of halogens is 2. The van der Waals surface area contributed by atoms with Crippen LogP contribution >= 0.6 is 0 Å². The molecule has 1 rings (SSSR count). The lowest BCUT2D eigenvalue weighted by Crippen LogP contribution is -2.14. The van der Waals surface area contributed by atoms with Crippen molar-refractivity contribution >= 4 is 5.97 Å². The van der Waals surface area contributed by atoms with Gasteiger partial charge in [0, 0.05) is 6.20 Å². The second kappa shape index (κ2) is 5.21. The molecule has 0 spiro atoms. The summed E-state index contributed by atoms with van der Waals surface area (Å²) in [6, 6.07) is 1.10. The molecule has 0 radical (unpaired) electrons. The third-order valence-electron chi connectivity index (χ3n) is 2.15. The van der Waals surface area contributed by atoms with Crippen molar-refractivity contribution in [3.63, 3.8) is 0 Å². The van der Waals surface area contributed by atoms with E-state index in [4.69, 9.17) is 4.74 Å². The van der Waals surface area contributed by atoms with Crippen molar-refractivity contribution in [1.29, 1.82) is 0 Å². The standard InChI is InChI=1S/C12H15F2NO2/c1-12(2,3)5-7-17-11(16)8-4-6-15-10(14)9(8)13/h4,6H,5,7H2,1-3H3. The largest absolute Gasteiger partial charge is 0.462 e. The van der Waals surface area contributed by atoms with Gasteiger partial charge in [-0.05, 0) is 17.9 Å². The number of aromatic nitrogens is 1. The van der Waals surface area contributed by atoms with E-state index in [1.54, 1.807) is 0 Å². The van der Waals surface area contributed by atoms with Crippen LogP contribution in [0.4, 0.5) is 8.78 Å². The maximum absolute atomic E-state index is 13.2. The minimum Gasteiger partial charge on any atom is -0.462 e. The van der Waals surface area contributed by atoms with Crippen LogP contribution in [0.25, 0.3) is 0 Å². The number of ether oxygens (including phenoxy) is 1. The van der Waals surface area contributed by atoms with Crippen molar-refractivity contribution in [3.05, 3.63) is 29.6 Å². The smallest absolute Gasteiger partial charge is 0.341 e. The monoisotopic (exact) mass is 243 g/mol. The highest BCUT2D eigenvalue weighted by atomic mass is 19.2. The Balaban J connectivity index is 2.62. The SMILES string of the molecule is CC(C)(C)CCOC(=O)c1ccnc(F)c1F. The molecule has 0 fully saturated rings. The fourth-order valence-electron chi connectivity index (χ4n) is 1.10. The molecule has 5 heteroatoms. The Morgan fingerprint density at radius 3 is 2.65 bits per heavy atom. The van der Waals surface area contributed by atoms with E-state index in [0.29, 0.717) is 6.42 Å².